The van der Waals surface area contributed by atoms with Crippen LogP contribution in [0.4, 0.5) is 4.79 Å². The maximum atomic E-state index is 12.3. The summed E-state index contributed by atoms with van der Waals surface area (Å²) in [6.07, 6.45) is 4.53. The number of nitrogens with one attached hydrogen (secondary N) is 1. The van der Waals surface area contributed by atoms with Crippen LogP contribution in [-0.2, 0) is 4.79 Å². The Bertz CT molecular complexity index is 362. The molecule has 2 aliphatic heterocycles. The van der Waals surface area contributed by atoms with E-state index in [9.17, 15) is 9.59 Å². The van der Waals surface area contributed by atoms with Crippen LogP contribution in [0.5, 0.6) is 0 Å². The van der Waals surface area contributed by atoms with Crippen molar-refractivity contribution in [2.24, 2.45) is 0 Å². The van der Waals surface area contributed by atoms with Crippen molar-refractivity contribution in [1.82, 2.24) is 15.1 Å². The van der Waals surface area contributed by atoms with Crippen LogP contribution in [0.3, 0.4) is 0 Å². The van der Waals surface area contributed by atoms with Crippen molar-refractivity contribution in [2.75, 3.05) is 26.2 Å². The minimum absolute atomic E-state index is 0.223. The van der Waals surface area contributed by atoms with E-state index in [1.807, 2.05) is 6.92 Å². The highest BCUT2D eigenvalue weighted by Gasteiger charge is 2.31. The van der Waals surface area contributed by atoms with Gasteiger partial charge in [0.05, 0.1) is 0 Å². The van der Waals surface area contributed by atoms with E-state index in [1.165, 1.54) is 6.42 Å². The molecule has 114 valence electrons. The number of amides is 2. The van der Waals surface area contributed by atoms with Gasteiger partial charge in [0.2, 0.25) is 0 Å². The molecular weight excluding hydrogens is 258 g/mol. The number of hydrogen-bond acceptors (Lipinski definition) is 3. The van der Waals surface area contributed by atoms with Gasteiger partial charge in [0.1, 0.15) is 6.04 Å². The lowest BCUT2D eigenvalue weighted by Gasteiger charge is -2.27. The number of carbonyl (C=O) groups is 2. The average molecular weight is 283 g/mol. The molecule has 2 rings (SSSR count). The molecule has 6 nitrogen and oxygen atoms in total. The Morgan fingerprint density at radius 2 is 2.05 bits per heavy atom. The second kappa shape index (κ2) is 6.92. The Kier molecular flexibility index (Phi) is 5.23. The fourth-order valence-corrected chi connectivity index (χ4v) is 3.18. The van der Waals surface area contributed by atoms with Crippen molar-refractivity contribution >= 4 is 12.0 Å². The predicted molar refractivity (Wildman–Crippen MR) is 75.6 cm³/mol. The molecule has 2 saturated heterocycles. The van der Waals surface area contributed by atoms with E-state index in [1.54, 1.807) is 4.90 Å². The van der Waals surface area contributed by atoms with Crippen LogP contribution in [0.25, 0.3) is 0 Å². The molecule has 0 aromatic carbocycles. The number of nitrogens with zero attached hydrogens (tertiary/aromatic N) is 2. The second-order valence-electron chi connectivity index (χ2n) is 5.76. The van der Waals surface area contributed by atoms with Gasteiger partial charge in [-0.3, -0.25) is 4.90 Å². The molecule has 2 amide bonds. The third kappa shape index (κ3) is 3.62. The molecule has 0 saturated carbocycles. The van der Waals surface area contributed by atoms with E-state index in [0.29, 0.717) is 12.5 Å². The van der Waals surface area contributed by atoms with Gasteiger partial charge in [-0.2, -0.15) is 0 Å². The molecule has 0 spiro atoms. The summed E-state index contributed by atoms with van der Waals surface area (Å²) in [4.78, 5) is 27.6. The fraction of sp³-hybridized carbons (Fsp3) is 0.857. The van der Waals surface area contributed by atoms with Gasteiger partial charge in [-0.25, -0.2) is 9.59 Å². The number of carbonyl (C=O) groups excluding carboxylic acids is 1. The lowest BCUT2D eigenvalue weighted by Crippen LogP contribution is -2.50. The summed E-state index contributed by atoms with van der Waals surface area (Å²) in [5, 5.41) is 11.8. The van der Waals surface area contributed by atoms with Crippen LogP contribution >= 0.6 is 0 Å². The van der Waals surface area contributed by atoms with Crippen molar-refractivity contribution in [3.05, 3.63) is 0 Å². The molecule has 2 fully saturated rings. The van der Waals surface area contributed by atoms with Gasteiger partial charge in [0.25, 0.3) is 0 Å². The van der Waals surface area contributed by atoms with Crippen molar-refractivity contribution in [3.8, 4) is 0 Å². The molecule has 20 heavy (non-hydrogen) atoms. The van der Waals surface area contributed by atoms with Crippen LogP contribution in [0.15, 0.2) is 0 Å². The first kappa shape index (κ1) is 15.1. The summed E-state index contributed by atoms with van der Waals surface area (Å²) in [6, 6.07) is -0.535. The number of carboxylic acid groups (broad SMARTS) is 1. The van der Waals surface area contributed by atoms with Crippen LogP contribution in [0.1, 0.15) is 39.0 Å². The van der Waals surface area contributed by atoms with Gasteiger partial charge in [-0.15, -0.1) is 0 Å². The Labute approximate surface area is 120 Å². The highest BCUT2D eigenvalue weighted by molar-refractivity contribution is 5.82. The van der Waals surface area contributed by atoms with Crippen molar-refractivity contribution in [3.63, 3.8) is 0 Å². The van der Waals surface area contributed by atoms with E-state index < -0.39 is 12.0 Å². The number of urea groups is 1. The quantitative estimate of drug-likeness (QED) is 0.811. The van der Waals surface area contributed by atoms with E-state index in [4.69, 9.17) is 5.11 Å². The zero-order valence-electron chi connectivity index (χ0n) is 12.2. The van der Waals surface area contributed by atoms with Gasteiger partial charge < -0.3 is 15.3 Å². The number of hydrogen-bond donors (Lipinski definition) is 2. The number of carboxylic acids is 1. The van der Waals surface area contributed by atoms with Crippen LogP contribution in [0.2, 0.25) is 0 Å². The van der Waals surface area contributed by atoms with E-state index >= 15 is 0 Å². The number of aliphatic carboxylic acids is 1. The van der Waals surface area contributed by atoms with Gasteiger partial charge in [-0.05, 0) is 32.2 Å². The highest BCUT2D eigenvalue weighted by atomic mass is 16.4. The molecule has 2 heterocycles. The molecule has 0 radical (unpaired) electrons. The molecule has 6 heteroatoms. The zero-order valence-corrected chi connectivity index (χ0v) is 12.2. The van der Waals surface area contributed by atoms with E-state index in [-0.39, 0.29) is 6.03 Å². The number of rotatable bonds is 4. The number of fused-ring (bicyclic) bond motifs is 1. The molecule has 0 aromatic heterocycles. The molecular formula is C14H25N3O3. The van der Waals surface area contributed by atoms with E-state index in [2.05, 4.69) is 10.2 Å². The lowest BCUT2D eigenvalue weighted by atomic mass is 10.2. The Balaban J connectivity index is 1.92. The minimum atomic E-state index is -0.947. The molecule has 2 N–H and O–H groups in total. The van der Waals surface area contributed by atoms with Gasteiger partial charge in [0, 0.05) is 25.7 Å². The normalized spacial score (nSPS) is 24.9. The minimum Gasteiger partial charge on any atom is -0.480 e. The summed E-state index contributed by atoms with van der Waals surface area (Å²) in [5.41, 5.74) is 0. The maximum Gasteiger partial charge on any atom is 0.326 e. The first-order valence-electron chi connectivity index (χ1n) is 7.64. The molecule has 0 bridgehead atoms. The SMILES string of the molecule is CCC[C@H](NC(=O)N1CCCN2CCCC2C1)C(=O)O. The Hall–Kier alpha value is -1.30. The summed E-state index contributed by atoms with van der Waals surface area (Å²) in [7, 11) is 0. The molecule has 0 aromatic rings. The van der Waals surface area contributed by atoms with E-state index in [0.717, 1.165) is 45.4 Å². The standard InChI is InChI=1S/C14H25N3O3/c1-2-5-12(13(18)19)15-14(20)17-9-4-8-16-7-3-6-11(16)10-17/h11-12H,2-10H2,1H3,(H,15,20)(H,18,19)/t11?,12-/m0/s1. The average Bonchev–Trinajstić information content (AvgIpc) is 2.75. The summed E-state index contributed by atoms with van der Waals surface area (Å²) >= 11 is 0. The second-order valence-corrected chi connectivity index (χ2v) is 5.76. The third-order valence-corrected chi connectivity index (χ3v) is 4.26. The van der Waals surface area contributed by atoms with Crippen molar-refractivity contribution < 1.29 is 14.7 Å². The maximum absolute atomic E-state index is 12.3. The first-order valence-corrected chi connectivity index (χ1v) is 7.64. The zero-order chi connectivity index (χ0) is 14.5. The van der Waals surface area contributed by atoms with Crippen molar-refractivity contribution in [2.45, 2.75) is 51.1 Å². The Morgan fingerprint density at radius 3 is 2.75 bits per heavy atom. The van der Waals surface area contributed by atoms with Crippen LogP contribution in [-0.4, -0.2) is 65.2 Å². The summed E-state index contributed by atoms with van der Waals surface area (Å²) in [6.45, 7) is 5.55. The van der Waals surface area contributed by atoms with Crippen LogP contribution < -0.4 is 5.32 Å². The highest BCUT2D eigenvalue weighted by Crippen LogP contribution is 2.21. The first-order chi connectivity index (χ1) is 9.61. The Morgan fingerprint density at radius 1 is 1.30 bits per heavy atom. The predicted octanol–water partition coefficient (Wildman–Crippen LogP) is 1.12. The van der Waals surface area contributed by atoms with Gasteiger partial charge in [-0.1, -0.05) is 13.3 Å². The molecule has 2 atom stereocenters. The largest absolute Gasteiger partial charge is 0.480 e. The smallest absolute Gasteiger partial charge is 0.326 e. The van der Waals surface area contributed by atoms with Crippen LogP contribution in [0, 0.1) is 0 Å². The molecule has 0 aliphatic carbocycles. The van der Waals surface area contributed by atoms with Crippen molar-refractivity contribution in [1.29, 1.82) is 0 Å². The third-order valence-electron chi connectivity index (χ3n) is 4.26. The summed E-state index contributed by atoms with van der Waals surface area (Å²) < 4.78 is 0. The summed E-state index contributed by atoms with van der Waals surface area (Å²) in [5.74, 6) is -0.947. The van der Waals surface area contributed by atoms with Gasteiger partial charge in [0.15, 0.2) is 0 Å². The van der Waals surface area contributed by atoms with Gasteiger partial charge >= 0.3 is 12.0 Å². The topological polar surface area (TPSA) is 72.9 Å². The lowest BCUT2D eigenvalue weighted by molar-refractivity contribution is -0.139. The monoisotopic (exact) mass is 283 g/mol. The molecule has 2 aliphatic rings. The molecule has 1 unspecified atom stereocenters. The fourth-order valence-electron chi connectivity index (χ4n) is 3.18.